The van der Waals surface area contributed by atoms with Crippen molar-refractivity contribution in [3.63, 3.8) is 0 Å². The van der Waals surface area contributed by atoms with Gasteiger partial charge in [0.25, 0.3) is 0 Å². The maximum Gasteiger partial charge on any atom is 0.229 e. The zero-order valence-electron chi connectivity index (χ0n) is 23.1. The van der Waals surface area contributed by atoms with E-state index in [1.165, 1.54) is 16.8 Å². The maximum absolute atomic E-state index is 5.65. The summed E-state index contributed by atoms with van der Waals surface area (Å²) in [5, 5.41) is 15.1. The molecule has 3 heterocycles. The van der Waals surface area contributed by atoms with Gasteiger partial charge in [-0.25, -0.2) is 9.67 Å². The maximum atomic E-state index is 5.65. The van der Waals surface area contributed by atoms with Gasteiger partial charge in [-0.05, 0) is 69.5 Å². The Labute approximate surface area is 224 Å². The van der Waals surface area contributed by atoms with E-state index in [1.807, 2.05) is 10.9 Å². The third-order valence-corrected chi connectivity index (χ3v) is 7.39. The summed E-state index contributed by atoms with van der Waals surface area (Å²) in [4.78, 5) is 12.0. The molecule has 0 atom stereocenters. The molecular formula is C29H39N8O+. The van der Waals surface area contributed by atoms with Gasteiger partial charge in [0.05, 0.1) is 37.2 Å². The van der Waals surface area contributed by atoms with Crippen molar-refractivity contribution in [1.82, 2.24) is 19.7 Å². The van der Waals surface area contributed by atoms with Gasteiger partial charge in [-0.2, -0.15) is 10.1 Å². The number of hydrogen-bond donors (Lipinski definition) is 3. The summed E-state index contributed by atoms with van der Waals surface area (Å²) in [5.74, 6) is 1.30. The topological polar surface area (TPSA) is 96.7 Å². The Balaban J connectivity index is 1.43. The lowest BCUT2D eigenvalue weighted by atomic mass is 10.1. The molecule has 4 N–H and O–H groups in total. The Bertz CT molecular complexity index is 1370. The highest BCUT2D eigenvalue weighted by atomic mass is 16.5. The number of anilines is 5. The van der Waals surface area contributed by atoms with Gasteiger partial charge in [-0.1, -0.05) is 18.2 Å². The van der Waals surface area contributed by atoms with Gasteiger partial charge in [-0.15, -0.1) is 0 Å². The molecule has 38 heavy (non-hydrogen) atoms. The van der Waals surface area contributed by atoms with E-state index < -0.39 is 0 Å². The number of fused-ring (bicyclic) bond motifs is 1. The van der Waals surface area contributed by atoms with Gasteiger partial charge in [0.1, 0.15) is 0 Å². The zero-order valence-corrected chi connectivity index (χ0v) is 23.1. The van der Waals surface area contributed by atoms with Crippen LogP contribution in [0.2, 0.25) is 0 Å². The number of methoxy groups -OCH3 is 1. The van der Waals surface area contributed by atoms with E-state index in [1.54, 1.807) is 7.11 Å². The van der Waals surface area contributed by atoms with Crippen LogP contribution in [-0.2, 0) is 11.3 Å². The first-order chi connectivity index (χ1) is 18.3. The molecule has 9 nitrogen and oxygen atoms in total. The van der Waals surface area contributed by atoms with Crippen LogP contribution in [-0.4, -0.2) is 58.6 Å². The second kappa shape index (κ2) is 11.0. The van der Waals surface area contributed by atoms with Crippen LogP contribution in [0, 0.1) is 13.8 Å². The van der Waals surface area contributed by atoms with Gasteiger partial charge in [0, 0.05) is 36.9 Å². The highest BCUT2D eigenvalue weighted by Crippen LogP contribution is 2.30. The summed E-state index contributed by atoms with van der Waals surface area (Å²) in [6.07, 6.45) is 2.65. The van der Waals surface area contributed by atoms with E-state index >= 15 is 0 Å². The molecule has 1 fully saturated rings. The smallest absolute Gasteiger partial charge is 0.229 e. The fourth-order valence-corrected chi connectivity index (χ4v) is 4.77. The predicted molar refractivity (Wildman–Crippen MR) is 154 cm³/mol. The number of benzene rings is 2. The fraction of sp³-hybridized carbons (Fsp3) is 0.414. The molecule has 0 spiro atoms. The lowest BCUT2D eigenvalue weighted by Crippen LogP contribution is -2.89. The van der Waals surface area contributed by atoms with E-state index in [-0.39, 0.29) is 5.60 Å². The van der Waals surface area contributed by atoms with Crippen molar-refractivity contribution in [3.05, 3.63) is 59.8 Å². The number of aromatic nitrogens is 4. The van der Waals surface area contributed by atoms with Crippen LogP contribution in [0.4, 0.5) is 28.8 Å². The molecule has 5 rings (SSSR count). The second-order valence-electron chi connectivity index (χ2n) is 10.6. The molecule has 2 aromatic heterocycles. The minimum absolute atomic E-state index is 0.263. The molecule has 1 aliphatic rings. The summed E-state index contributed by atoms with van der Waals surface area (Å²) < 4.78 is 7.61. The Morgan fingerprint density at radius 3 is 2.39 bits per heavy atom. The van der Waals surface area contributed by atoms with Gasteiger partial charge >= 0.3 is 0 Å². The number of ether oxygens (including phenoxy) is 1. The summed E-state index contributed by atoms with van der Waals surface area (Å²) in [5.41, 5.74) is 6.12. The average molecular weight is 516 g/mol. The molecule has 0 amide bonds. The number of nitrogens with zero attached hydrogens (tertiary/aromatic N) is 5. The van der Waals surface area contributed by atoms with Crippen LogP contribution in [0.3, 0.4) is 0 Å². The normalized spacial score (nSPS) is 14.2. The van der Waals surface area contributed by atoms with Crippen molar-refractivity contribution in [2.24, 2.45) is 0 Å². The highest BCUT2D eigenvalue weighted by Gasteiger charge is 2.20. The molecule has 4 aromatic rings. The second-order valence-corrected chi connectivity index (χ2v) is 10.6. The summed E-state index contributed by atoms with van der Waals surface area (Å²) in [6.45, 7) is 13.5. The molecule has 0 radical (unpaired) electrons. The minimum Gasteiger partial charge on any atom is -0.379 e. The van der Waals surface area contributed by atoms with Gasteiger partial charge in [-0.3, -0.25) is 0 Å². The average Bonchev–Trinajstić information content (AvgIpc) is 3.27. The van der Waals surface area contributed by atoms with Crippen molar-refractivity contribution >= 4 is 39.9 Å². The lowest BCUT2D eigenvalue weighted by Gasteiger charge is -2.27. The summed E-state index contributed by atoms with van der Waals surface area (Å²) in [6, 6.07) is 14.8. The lowest BCUT2D eigenvalue weighted by molar-refractivity contribution is -0.655. The van der Waals surface area contributed by atoms with Crippen LogP contribution < -0.4 is 20.9 Å². The number of quaternary nitrogens is 1. The predicted octanol–water partition coefficient (Wildman–Crippen LogP) is 4.13. The van der Waals surface area contributed by atoms with Crippen molar-refractivity contribution in [2.45, 2.75) is 46.3 Å². The first-order valence-corrected chi connectivity index (χ1v) is 13.4. The Kier molecular flexibility index (Phi) is 7.49. The van der Waals surface area contributed by atoms with Crippen LogP contribution in [0.25, 0.3) is 11.0 Å². The first-order valence-electron chi connectivity index (χ1n) is 13.4. The standard InChI is InChI=1S/C29H38N8O/c1-20-7-6-8-21(2)25(20)33-26-24-19-31-28(34-27(24)37(35-26)16-13-29(3,4)38-5)32-22-9-11-23(12-10-22)36-17-14-30-15-18-36/h6-12,19,30H,13-18H2,1-5H3,(H,33,35)(H,31,32,34)/p+1. The Morgan fingerprint density at radius 1 is 1.00 bits per heavy atom. The highest BCUT2D eigenvalue weighted by molar-refractivity contribution is 5.90. The molecule has 0 saturated carbocycles. The van der Waals surface area contributed by atoms with E-state index in [9.17, 15) is 0 Å². The number of aryl methyl sites for hydroxylation is 3. The van der Waals surface area contributed by atoms with E-state index in [4.69, 9.17) is 14.8 Å². The monoisotopic (exact) mass is 515 g/mol. The molecule has 9 heteroatoms. The molecule has 1 saturated heterocycles. The SMILES string of the molecule is COC(C)(C)CCn1nc(Nc2c(C)cccc2C)c2cnc(Nc3ccc(N4CC[NH2+]CC4)cc3)nc21. The van der Waals surface area contributed by atoms with Gasteiger partial charge in [0.15, 0.2) is 11.5 Å². The van der Waals surface area contributed by atoms with Crippen molar-refractivity contribution in [1.29, 1.82) is 0 Å². The molecule has 2 aromatic carbocycles. The number of para-hydroxylation sites is 1. The number of hydrogen-bond acceptors (Lipinski definition) is 7. The van der Waals surface area contributed by atoms with E-state index in [0.29, 0.717) is 12.5 Å². The molecule has 0 unspecified atom stereocenters. The first kappa shape index (κ1) is 25.9. The fourth-order valence-electron chi connectivity index (χ4n) is 4.77. The Morgan fingerprint density at radius 2 is 1.71 bits per heavy atom. The Hall–Kier alpha value is -3.69. The van der Waals surface area contributed by atoms with Crippen molar-refractivity contribution < 1.29 is 10.1 Å². The largest absolute Gasteiger partial charge is 0.379 e. The van der Waals surface area contributed by atoms with Crippen LogP contribution in [0.15, 0.2) is 48.7 Å². The summed E-state index contributed by atoms with van der Waals surface area (Å²) >= 11 is 0. The molecule has 1 aliphatic heterocycles. The quantitative estimate of drug-likeness (QED) is 0.308. The van der Waals surface area contributed by atoms with Crippen LogP contribution in [0.5, 0.6) is 0 Å². The summed E-state index contributed by atoms with van der Waals surface area (Å²) in [7, 11) is 1.74. The minimum atomic E-state index is -0.263. The third-order valence-electron chi connectivity index (χ3n) is 7.39. The molecule has 200 valence electrons. The molecular weight excluding hydrogens is 476 g/mol. The van der Waals surface area contributed by atoms with Crippen molar-refractivity contribution in [3.8, 4) is 0 Å². The number of piperazine rings is 1. The number of nitrogens with one attached hydrogen (secondary N) is 2. The van der Waals surface area contributed by atoms with Gasteiger partial charge < -0.3 is 25.6 Å². The third kappa shape index (κ3) is 5.74. The zero-order chi connectivity index (χ0) is 26.7. The van der Waals surface area contributed by atoms with E-state index in [2.05, 4.69) is 96.0 Å². The molecule has 0 aliphatic carbocycles. The van der Waals surface area contributed by atoms with Crippen LogP contribution in [0.1, 0.15) is 31.4 Å². The molecule has 0 bridgehead atoms. The number of nitrogens with two attached hydrogens (primary N) is 1. The van der Waals surface area contributed by atoms with Crippen molar-refractivity contribution in [2.75, 3.05) is 48.8 Å². The van der Waals surface area contributed by atoms with E-state index in [0.717, 1.165) is 60.8 Å². The van der Waals surface area contributed by atoms with Crippen LogP contribution >= 0.6 is 0 Å². The van der Waals surface area contributed by atoms with Gasteiger partial charge in [0.2, 0.25) is 5.95 Å². The number of rotatable bonds is 9.